The number of amides is 2. The zero-order valence-electron chi connectivity index (χ0n) is 12.2. The van der Waals surface area contributed by atoms with E-state index < -0.39 is 5.54 Å². The molecule has 102 valence electrons. The standard InChI is InChI=1S/C14H24N2O2/c1-9(2)7-8-16-11(10(3)4)12(17)15-14(5,6)13(16)18/h7,10-11H,8H2,1-6H3,(H,15,17). The van der Waals surface area contributed by atoms with E-state index in [0.29, 0.717) is 6.54 Å². The van der Waals surface area contributed by atoms with Gasteiger partial charge in [0.15, 0.2) is 0 Å². The van der Waals surface area contributed by atoms with Gasteiger partial charge >= 0.3 is 0 Å². The molecular weight excluding hydrogens is 228 g/mol. The summed E-state index contributed by atoms with van der Waals surface area (Å²) in [5, 5.41) is 2.80. The van der Waals surface area contributed by atoms with Gasteiger partial charge in [-0.1, -0.05) is 25.5 Å². The van der Waals surface area contributed by atoms with Gasteiger partial charge in [0.25, 0.3) is 0 Å². The Bertz CT molecular complexity index is 379. The van der Waals surface area contributed by atoms with E-state index in [1.807, 2.05) is 33.8 Å². The predicted molar refractivity (Wildman–Crippen MR) is 72.0 cm³/mol. The molecule has 1 rings (SSSR count). The molecule has 1 aliphatic rings. The lowest BCUT2D eigenvalue weighted by atomic mass is 9.91. The van der Waals surface area contributed by atoms with Crippen molar-refractivity contribution in [1.29, 1.82) is 0 Å². The van der Waals surface area contributed by atoms with Crippen molar-refractivity contribution >= 4 is 11.8 Å². The summed E-state index contributed by atoms with van der Waals surface area (Å²) in [6.45, 7) is 11.9. The first kappa shape index (κ1) is 14.7. The summed E-state index contributed by atoms with van der Waals surface area (Å²) in [4.78, 5) is 26.2. The first-order chi connectivity index (χ1) is 8.16. The van der Waals surface area contributed by atoms with Crippen molar-refractivity contribution in [2.24, 2.45) is 5.92 Å². The van der Waals surface area contributed by atoms with Crippen LogP contribution in [0.5, 0.6) is 0 Å². The molecule has 0 aliphatic carbocycles. The number of carbonyl (C=O) groups is 2. The molecule has 0 radical (unpaired) electrons. The number of rotatable bonds is 3. The van der Waals surface area contributed by atoms with Crippen molar-refractivity contribution in [2.75, 3.05) is 6.54 Å². The fraction of sp³-hybridized carbons (Fsp3) is 0.714. The van der Waals surface area contributed by atoms with Crippen LogP contribution in [0.25, 0.3) is 0 Å². The van der Waals surface area contributed by atoms with Crippen molar-refractivity contribution in [3.8, 4) is 0 Å². The van der Waals surface area contributed by atoms with Crippen LogP contribution in [0, 0.1) is 5.92 Å². The third-order valence-electron chi connectivity index (χ3n) is 3.16. The topological polar surface area (TPSA) is 49.4 Å². The van der Waals surface area contributed by atoms with Crippen molar-refractivity contribution in [1.82, 2.24) is 10.2 Å². The minimum atomic E-state index is -0.808. The second-order valence-electron chi connectivity index (χ2n) is 6.04. The van der Waals surface area contributed by atoms with Crippen LogP contribution >= 0.6 is 0 Å². The molecule has 18 heavy (non-hydrogen) atoms. The van der Waals surface area contributed by atoms with Crippen molar-refractivity contribution in [3.63, 3.8) is 0 Å². The molecule has 1 atom stereocenters. The maximum Gasteiger partial charge on any atom is 0.248 e. The largest absolute Gasteiger partial charge is 0.340 e. The fourth-order valence-electron chi connectivity index (χ4n) is 2.20. The van der Waals surface area contributed by atoms with Gasteiger partial charge in [-0.3, -0.25) is 9.59 Å². The van der Waals surface area contributed by atoms with E-state index in [9.17, 15) is 9.59 Å². The number of piperazine rings is 1. The summed E-state index contributed by atoms with van der Waals surface area (Å²) in [5.74, 6) is 0.0330. The lowest BCUT2D eigenvalue weighted by Gasteiger charge is -2.44. The van der Waals surface area contributed by atoms with Gasteiger partial charge in [0, 0.05) is 6.54 Å². The molecule has 1 aliphatic heterocycles. The quantitative estimate of drug-likeness (QED) is 0.777. The summed E-state index contributed by atoms with van der Waals surface area (Å²) in [6.07, 6.45) is 1.99. The Balaban J connectivity index is 3.06. The van der Waals surface area contributed by atoms with Crippen LogP contribution in [0.15, 0.2) is 11.6 Å². The summed E-state index contributed by atoms with van der Waals surface area (Å²) in [7, 11) is 0. The molecule has 1 heterocycles. The van der Waals surface area contributed by atoms with E-state index >= 15 is 0 Å². The Morgan fingerprint density at radius 2 is 1.94 bits per heavy atom. The van der Waals surface area contributed by atoms with Crippen LogP contribution in [0.3, 0.4) is 0 Å². The molecule has 0 spiro atoms. The number of nitrogens with one attached hydrogen (secondary N) is 1. The van der Waals surface area contributed by atoms with Crippen LogP contribution in [-0.2, 0) is 9.59 Å². The molecule has 0 aromatic carbocycles. The highest BCUT2D eigenvalue weighted by Crippen LogP contribution is 2.22. The SMILES string of the molecule is CC(C)=CCN1C(=O)C(C)(C)NC(=O)C1C(C)C. The minimum absolute atomic E-state index is 0.0155. The lowest BCUT2D eigenvalue weighted by Crippen LogP contribution is -2.69. The second-order valence-corrected chi connectivity index (χ2v) is 6.04. The Kier molecular flexibility index (Phi) is 4.20. The molecule has 4 heteroatoms. The highest BCUT2D eigenvalue weighted by atomic mass is 16.2. The van der Waals surface area contributed by atoms with E-state index in [2.05, 4.69) is 5.32 Å². The Morgan fingerprint density at radius 1 is 1.39 bits per heavy atom. The first-order valence-corrected chi connectivity index (χ1v) is 6.43. The number of hydrogen-bond acceptors (Lipinski definition) is 2. The van der Waals surface area contributed by atoms with Gasteiger partial charge in [0.1, 0.15) is 11.6 Å². The monoisotopic (exact) mass is 252 g/mol. The maximum absolute atomic E-state index is 12.4. The summed E-state index contributed by atoms with van der Waals surface area (Å²) < 4.78 is 0. The van der Waals surface area contributed by atoms with Gasteiger partial charge in [0.2, 0.25) is 11.8 Å². The van der Waals surface area contributed by atoms with Crippen LogP contribution in [0.1, 0.15) is 41.5 Å². The average Bonchev–Trinajstić information content (AvgIpc) is 2.19. The predicted octanol–water partition coefficient (Wildman–Crippen LogP) is 1.71. The Labute approximate surface area is 109 Å². The summed E-state index contributed by atoms with van der Waals surface area (Å²) >= 11 is 0. The third-order valence-corrected chi connectivity index (χ3v) is 3.16. The van der Waals surface area contributed by atoms with Crippen molar-refractivity contribution < 1.29 is 9.59 Å². The smallest absolute Gasteiger partial charge is 0.248 e. The van der Waals surface area contributed by atoms with Gasteiger partial charge in [0.05, 0.1) is 0 Å². The molecule has 0 aromatic heterocycles. The summed E-state index contributed by atoms with van der Waals surface area (Å²) in [6, 6.07) is -0.374. The van der Waals surface area contributed by atoms with E-state index in [0.717, 1.165) is 5.57 Å². The Hall–Kier alpha value is -1.32. The number of nitrogens with zero attached hydrogens (tertiary/aromatic N) is 1. The number of carbonyl (C=O) groups excluding carboxylic acids is 2. The van der Waals surface area contributed by atoms with Crippen LogP contribution in [0.2, 0.25) is 0 Å². The zero-order chi connectivity index (χ0) is 14.1. The van der Waals surface area contributed by atoms with Gasteiger partial charge < -0.3 is 10.2 Å². The molecular formula is C14H24N2O2. The fourth-order valence-corrected chi connectivity index (χ4v) is 2.20. The van der Waals surface area contributed by atoms with Crippen LogP contribution < -0.4 is 5.32 Å². The highest BCUT2D eigenvalue weighted by Gasteiger charge is 2.45. The van der Waals surface area contributed by atoms with Gasteiger partial charge in [-0.05, 0) is 33.6 Å². The molecule has 1 unspecified atom stereocenters. The van der Waals surface area contributed by atoms with E-state index in [1.165, 1.54) is 0 Å². The normalized spacial score (nSPS) is 23.1. The molecule has 1 N–H and O–H groups in total. The second kappa shape index (κ2) is 5.12. The van der Waals surface area contributed by atoms with E-state index in [1.54, 1.807) is 18.7 Å². The van der Waals surface area contributed by atoms with Crippen LogP contribution in [0.4, 0.5) is 0 Å². The highest BCUT2D eigenvalue weighted by molar-refractivity contribution is 5.99. The number of allylic oxidation sites excluding steroid dienone is 1. The molecule has 1 saturated heterocycles. The number of hydrogen-bond donors (Lipinski definition) is 1. The van der Waals surface area contributed by atoms with Gasteiger partial charge in [-0.2, -0.15) is 0 Å². The molecule has 0 aromatic rings. The van der Waals surface area contributed by atoms with Crippen molar-refractivity contribution in [3.05, 3.63) is 11.6 Å². The average molecular weight is 252 g/mol. The zero-order valence-corrected chi connectivity index (χ0v) is 12.2. The molecule has 2 amide bonds. The van der Waals surface area contributed by atoms with E-state index in [-0.39, 0.29) is 23.8 Å². The molecule has 0 saturated carbocycles. The van der Waals surface area contributed by atoms with Gasteiger partial charge in [-0.25, -0.2) is 0 Å². The van der Waals surface area contributed by atoms with E-state index in [4.69, 9.17) is 0 Å². The van der Waals surface area contributed by atoms with Gasteiger partial charge in [-0.15, -0.1) is 0 Å². The molecule has 1 fully saturated rings. The third kappa shape index (κ3) is 2.92. The summed E-state index contributed by atoms with van der Waals surface area (Å²) in [5.41, 5.74) is 0.340. The first-order valence-electron chi connectivity index (χ1n) is 6.43. The van der Waals surface area contributed by atoms with Crippen LogP contribution in [-0.4, -0.2) is 34.8 Å². The maximum atomic E-state index is 12.4. The van der Waals surface area contributed by atoms with Crippen molar-refractivity contribution in [2.45, 2.75) is 53.1 Å². The minimum Gasteiger partial charge on any atom is -0.340 e. The molecule has 0 bridgehead atoms. The Morgan fingerprint density at radius 3 is 2.39 bits per heavy atom. The molecule has 4 nitrogen and oxygen atoms in total. The lowest BCUT2D eigenvalue weighted by molar-refractivity contribution is -0.154.